The predicted octanol–water partition coefficient (Wildman–Crippen LogP) is 4.31. The molecular weight excluding hydrogens is 452 g/mol. The number of amides is 1. The lowest BCUT2D eigenvalue weighted by Gasteiger charge is -2.25. The van der Waals surface area contributed by atoms with Gasteiger partial charge in [-0.25, -0.2) is 0 Å². The molecule has 0 unspecified atom stereocenters. The third kappa shape index (κ3) is 5.38. The van der Waals surface area contributed by atoms with Gasteiger partial charge in [0, 0.05) is 35.7 Å². The van der Waals surface area contributed by atoms with Crippen molar-refractivity contribution in [2.75, 3.05) is 6.54 Å². The van der Waals surface area contributed by atoms with Crippen LogP contribution in [0.2, 0.25) is 5.02 Å². The maximum Gasteiger partial charge on any atom is 0.303 e. The number of aliphatic hydroxyl groups is 1. The standard InChI is InChI=1S/C23H21ClN2O7/c24-16-9-5-15(6-10-16)21(29)19-20(14-7-11-17(12-8-14)26(32)33)25(23(31)22(19)30)13-3-1-2-4-18(27)28/h5-12,20,29H,1-4,13H2,(H,27,28)/b21-19+/t20-/m1/s1. The Morgan fingerprint density at radius 2 is 1.64 bits per heavy atom. The molecule has 2 N–H and O–H groups in total. The van der Waals surface area contributed by atoms with Gasteiger partial charge in [-0.3, -0.25) is 24.5 Å². The number of nitro benzene ring substituents is 1. The number of benzene rings is 2. The number of likely N-dealkylation sites (tertiary alicyclic amines) is 1. The first-order valence-corrected chi connectivity index (χ1v) is 10.6. The molecule has 1 atom stereocenters. The van der Waals surface area contributed by atoms with Gasteiger partial charge in [-0.1, -0.05) is 18.0 Å². The van der Waals surface area contributed by atoms with Gasteiger partial charge in [0.15, 0.2) is 0 Å². The first kappa shape index (κ1) is 23.9. The number of rotatable bonds is 9. The lowest BCUT2D eigenvalue weighted by atomic mass is 9.95. The zero-order valence-electron chi connectivity index (χ0n) is 17.4. The van der Waals surface area contributed by atoms with Crippen LogP contribution in [0, 0.1) is 10.1 Å². The predicted molar refractivity (Wildman–Crippen MR) is 120 cm³/mol. The van der Waals surface area contributed by atoms with E-state index in [0.29, 0.717) is 35.4 Å². The van der Waals surface area contributed by atoms with E-state index in [9.17, 15) is 29.6 Å². The quantitative estimate of drug-likeness (QED) is 0.138. The molecule has 10 heteroatoms. The van der Waals surface area contributed by atoms with Crippen molar-refractivity contribution < 1.29 is 29.5 Å². The van der Waals surface area contributed by atoms with Crippen molar-refractivity contribution in [1.29, 1.82) is 0 Å². The molecule has 0 radical (unpaired) electrons. The highest BCUT2D eigenvalue weighted by Gasteiger charge is 2.45. The van der Waals surface area contributed by atoms with E-state index in [2.05, 4.69) is 0 Å². The molecule has 2 aromatic rings. The maximum absolute atomic E-state index is 12.9. The Balaban J connectivity index is 1.99. The molecule has 0 spiro atoms. The number of Topliss-reactive ketones (excluding diaryl/α,β-unsaturated/α-hetero) is 1. The fourth-order valence-corrected chi connectivity index (χ4v) is 3.86. The number of hydrogen-bond donors (Lipinski definition) is 2. The average molecular weight is 473 g/mol. The van der Waals surface area contributed by atoms with Gasteiger partial charge in [0.2, 0.25) is 0 Å². The van der Waals surface area contributed by atoms with Gasteiger partial charge in [-0.05, 0) is 54.8 Å². The third-order valence-electron chi connectivity index (χ3n) is 5.37. The molecule has 1 heterocycles. The van der Waals surface area contributed by atoms with Crippen LogP contribution in [0.5, 0.6) is 0 Å². The molecule has 33 heavy (non-hydrogen) atoms. The Bertz CT molecular complexity index is 1110. The Labute approximate surface area is 194 Å². The minimum absolute atomic E-state index is 0.00116. The number of unbranched alkanes of at least 4 members (excludes halogenated alkanes) is 2. The SMILES string of the molecule is O=C(O)CCCCCN1C(=O)C(=O)/C(=C(/O)c2ccc(Cl)cc2)[C@H]1c1ccc([N+](=O)[O-])cc1. The number of hydrogen-bond acceptors (Lipinski definition) is 6. The summed E-state index contributed by atoms with van der Waals surface area (Å²) in [6, 6.07) is 10.6. The van der Waals surface area contributed by atoms with E-state index in [1.807, 2.05) is 0 Å². The summed E-state index contributed by atoms with van der Waals surface area (Å²) in [6.45, 7) is 0.156. The van der Waals surface area contributed by atoms with E-state index in [4.69, 9.17) is 16.7 Å². The third-order valence-corrected chi connectivity index (χ3v) is 5.62. The van der Waals surface area contributed by atoms with Gasteiger partial charge >= 0.3 is 5.97 Å². The van der Waals surface area contributed by atoms with Gasteiger partial charge < -0.3 is 15.1 Å². The number of non-ortho nitro benzene ring substituents is 1. The van der Waals surface area contributed by atoms with Gasteiger partial charge in [0.05, 0.1) is 16.5 Å². The van der Waals surface area contributed by atoms with Crippen LogP contribution in [0.15, 0.2) is 54.1 Å². The number of nitro groups is 1. The first-order chi connectivity index (χ1) is 15.7. The second-order valence-electron chi connectivity index (χ2n) is 7.55. The van der Waals surface area contributed by atoms with Crippen LogP contribution < -0.4 is 0 Å². The van der Waals surface area contributed by atoms with Gasteiger partial charge in [-0.15, -0.1) is 0 Å². The second kappa shape index (κ2) is 10.3. The van der Waals surface area contributed by atoms with Crippen LogP contribution in [0.1, 0.15) is 42.9 Å². The fraction of sp³-hybridized carbons (Fsp3) is 0.261. The molecule has 1 aliphatic heterocycles. The Morgan fingerprint density at radius 3 is 2.21 bits per heavy atom. The molecule has 9 nitrogen and oxygen atoms in total. The minimum Gasteiger partial charge on any atom is -0.507 e. The molecule has 1 saturated heterocycles. The highest BCUT2D eigenvalue weighted by Crippen LogP contribution is 2.40. The average Bonchev–Trinajstić information content (AvgIpc) is 3.03. The van der Waals surface area contributed by atoms with Crippen LogP contribution >= 0.6 is 11.6 Å². The maximum atomic E-state index is 12.9. The van der Waals surface area contributed by atoms with Crippen LogP contribution in [-0.2, 0) is 14.4 Å². The van der Waals surface area contributed by atoms with Crippen LogP contribution in [0.3, 0.4) is 0 Å². The molecule has 3 rings (SSSR count). The number of carboxylic acids is 1. The number of nitrogens with zero attached hydrogens (tertiary/aromatic N) is 2. The molecule has 172 valence electrons. The smallest absolute Gasteiger partial charge is 0.303 e. The number of carboxylic acid groups (broad SMARTS) is 1. The molecule has 0 bridgehead atoms. The topological polar surface area (TPSA) is 138 Å². The summed E-state index contributed by atoms with van der Waals surface area (Å²) in [5, 5.41) is 31.2. The molecule has 1 amide bonds. The summed E-state index contributed by atoms with van der Waals surface area (Å²) in [5.74, 6) is -2.95. The molecule has 1 aliphatic rings. The van der Waals surface area contributed by atoms with Crippen molar-refractivity contribution in [2.45, 2.75) is 31.7 Å². The van der Waals surface area contributed by atoms with Crippen LogP contribution in [0.25, 0.3) is 5.76 Å². The van der Waals surface area contributed by atoms with Crippen molar-refractivity contribution in [1.82, 2.24) is 4.90 Å². The van der Waals surface area contributed by atoms with Gasteiger partial charge in [-0.2, -0.15) is 0 Å². The summed E-state index contributed by atoms with van der Waals surface area (Å²) in [4.78, 5) is 48.2. The van der Waals surface area contributed by atoms with Crippen molar-refractivity contribution in [3.63, 3.8) is 0 Å². The summed E-state index contributed by atoms with van der Waals surface area (Å²) >= 11 is 5.90. The molecule has 0 saturated carbocycles. The van der Waals surface area contributed by atoms with Crippen molar-refractivity contribution >= 4 is 40.7 Å². The van der Waals surface area contributed by atoms with Crippen molar-refractivity contribution in [3.8, 4) is 0 Å². The zero-order valence-corrected chi connectivity index (χ0v) is 18.2. The first-order valence-electron chi connectivity index (χ1n) is 10.2. The van der Waals surface area contributed by atoms with E-state index in [1.54, 1.807) is 0 Å². The summed E-state index contributed by atoms with van der Waals surface area (Å²) < 4.78 is 0. The number of halogens is 1. The monoisotopic (exact) mass is 472 g/mol. The number of ketones is 1. The highest BCUT2D eigenvalue weighted by molar-refractivity contribution is 6.46. The Kier molecular flexibility index (Phi) is 7.44. The number of aliphatic hydroxyl groups excluding tert-OH is 1. The van der Waals surface area contributed by atoms with E-state index in [-0.39, 0.29) is 30.0 Å². The highest BCUT2D eigenvalue weighted by atomic mass is 35.5. The van der Waals surface area contributed by atoms with E-state index in [0.717, 1.165) is 0 Å². The zero-order chi connectivity index (χ0) is 24.1. The molecule has 2 aromatic carbocycles. The Hall–Kier alpha value is -3.72. The normalized spacial score (nSPS) is 17.4. The minimum atomic E-state index is -0.944. The number of aliphatic carboxylic acids is 1. The molecule has 0 aliphatic carbocycles. The number of carbonyl (C=O) groups is 3. The largest absolute Gasteiger partial charge is 0.507 e. The summed E-state index contributed by atoms with van der Waals surface area (Å²) in [5.41, 5.74) is 0.454. The Morgan fingerprint density at radius 1 is 1.00 bits per heavy atom. The fourth-order valence-electron chi connectivity index (χ4n) is 3.73. The van der Waals surface area contributed by atoms with E-state index in [1.165, 1.54) is 53.4 Å². The van der Waals surface area contributed by atoms with E-state index >= 15 is 0 Å². The molecular formula is C23H21ClN2O7. The molecule has 1 fully saturated rings. The molecule has 0 aromatic heterocycles. The summed E-state index contributed by atoms with van der Waals surface area (Å²) in [7, 11) is 0. The van der Waals surface area contributed by atoms with Crippen molar-refractivity contribution in [2.24, 2.45) is 0 Å². The second-order valence-corrected chi connectivity index (χ2v) is 7.99. The van der Waals surface area contributed by atoms with Gasteiger partial charge in [0.25, 0.3) is 17.4 Å². The van der Waals surface area contributed by atoms with Crippen LogP contribution in [0.4, 0.5) is 5.69 Å². The lowest BCUT2D eigenvalue weighted by molar-refractivity contribution is -0.384. The van der Waals surface area contributed by atoms with Gasteiger partial charge in [0.1, 0.15) is 5.76 Å². The van der Waals surface area contributed by atoms with Crippen molar-refractivity contribution in [3.05, 3.63) is 80.4 Å². The lowest BCUT2D eigenvalue weighted by Crippen LogP contribution is -2.30. The summed E-state index contributed by atoms with van der Waals surface area (Å²) in [6.07, 6.45) is 1.40. The number of carbonyl (C=O) groups excluding carboxylic acids is 2. The van der Waals surface area contributed by atoms with E-state index < -0.39 is 28.6 Å². The van der Waals surface area contributed by atoms with Crippen LogP contribution in [-0.4, -0.2) is 44.2 Å².